The van der Waals surface area contributed by atoms with Gasteiger partial charge in [-0.15, -0.1) is 0 Å². The number of nitrogens with one attached hydrogen (secondary N) is 2. The Kier molecular flexibility index (Phi) is 6.22. The molecule has 0 radical (unpaired) electrons. The SMILES string of the molecule is CNC(=O)c1ccc(N2CCN(Cc3ccc4nc(CCF)c(=O)[nH]c4c3)CC2)cn1. The van der Waals surface area contributed by atoms with Gasteiger partial charge in [-0.25, -0.2) is 9.97 Å². The van der Waals surface area contributed by atoms with Crippen LogP contribution in [-0.2, 0) is 13.0 Å². The number of carbonyl (C=O) groups excluding carboxylic acids is 1. The summed E-state index contributed by atoms with van der Waals surface area (Å²) in [6.45, 7) is 3.67. The van der Waals surface area contributed by atoms with Gasteiger partial charge in [0.2, 0.25) is 0 Å². The number of nitrogens with zero attached hydrogens (tertiary/aromatic N) is 4. The van der Waals surface area contributed by atoms with Crippen LogP contribution in [0.2, 0.25) is 0 Å². The number of alkyl halides is 1. The zero-order valence-electron chi connectivity index (χ0n) is 17.4. The molecule has 0 spiro atoms. The molecule has 2 N–H and O–H groups in total. The van der Waals surface area contributed by atoms with Crippen LogP contribution in [0.25, 0.3) is 11.0 Å². The lowest BCUT2D eigenvalue weighted by molar-refractivity contribution is 0.0958. The molecule has 0 saturated carbocycles. The van der Waals surface area contributed by atoms with Crippen molar-refractivity contribution >= 4 is 22.6 Å². The predicted octanol–water partition coefficient (Wildman–Crippen LogP) is 1.51. The molecule has 1 aliphatic heterocycles. The Labute approximate surface area is 179 Å². The molecule has 1 aromatic carbocycles. The van der Waals surface area contributed by atoms with Crippen LogP contribution >= 0.6 is 0 Å². The molecule has 9 heteroatoms. The van der Waals surface area contributed by atoms with E-state index in [-0.39, 0.29) is 23.6 Å². The minimum absolute atomic E-state index is 0.0291. The van der Waals surface area contributed by atoms with E-state index in [1.807, 2.05) is 24.3 Å². The van der Waals surface area contributed by atoms with E-state index >= 15 is 0 Å². The van der Waals surface area contributed by atoms with E-state index in [9.17, 15) is 14.0 Å². The Morgan fingerprint density at radius 1 is 1.19 bits per heavy atom. The van der Waals surface area contributed by atoms with E-state index in [1.165, 1.54) is 0 Å². The van der Waals surface area contributed by atoms with Crippen LogP contribution in [0.4, 0.5) is 10.1 Å². The van der Waals surface area contributed by atoms with Crippen LogP contribution in [0.15, 0.2) is 41.3 Å². The number of H-pyrrole nitrogens is 1. The smallest absolute Gasteiger partial charge is 0.270 e. The van der Waals surface area contributed by atoms with Gasteiger partial charge < -0.3 is 15.2 Å². The van der Waals surface area contributed by atoms with Crippen molar-refractivity contribution in [1.29, 1.82) is 0 Å². The van der Waals surface area contributed by atoms with Crippen molar-refractivity contribution in [1.82, 2.24) is 25.2 Å². The molecule has 0 unspecified atom stereocenters. The number of aromatic amines is 1. The van der Waals surface area contributed by atoms with Crippen molar-refractivity contribution in [3.8, 4) is 0 Å². The van der Waals surface area contributed by atoms with Gasteiger partial charge in [0.1, 0.15) is 11.4 Å². The summed E-state index contributed by atoms with van der Waals surface area (Å²) in [6, 6.07) is 9.48. The lowest BCUT2D eigenvalue weighted by Gasteiger charge is -2.36. The first-order valence-electron chi connectivity index (χ1n) is 10.3. The normalized spacial score (nSPS) is 14.7. The number of amides is 1. The molecule has 162 valence electrons. The van der Waals surface area contributed by atoms with Crippen molar-refractivity contribution in [2.75, 3.05) is 44.8 Å². The maximum absolute atomic E-state index is 12.6. The second-order valence-electron chi connectivity index (χ2n) is 7.55. The van der Waals surface area contributed by atoms with Gasteiger partial charge in [-0.05, 0) is 29.8 Å². The maximum atomic E-state index is 12.6. The zero-order chi connectivity index (χ0) is 21.8. The molecule has 1 saturated heterocycles. The highest BCUT2D eigenvalue weighted by molar-refractivity contribution is 5.92. The Morgan fingerprint density at radius 2 is 2.00 bits per heavy atom. The van der Waals surface area contributed by atoms with Gasteiger partial charge in [0.25, 0.3) is 11.5 Å². The number of anilines is 1. The number of aryl methyl sites for hydroxylation is 1. The van der Waals surface area contributed by atoms with Crippen LogP contribution in [-0.4, -0.2) is 65.7 Å². The third-order valence-corrected chi connectivity index (χ3v) is 5.51. The first-order valence-corrected chi connectivity index (χ1v) is 10.3. The first kappa shape index (κ1) is 20.9. The van der Waals surface area contributed by atoms with Gasteiger partial charge in [-0.2, -0.15) is 0 Å². The highest BCUT2D eigenvalue weighted by atomic mass is 19.1. The summed E-state index contributed by atoms with van der Waals surface area (Å²) in [7, 11) is 1.59. The Bertz CT molecular complexity index is 1120. The van der Waals surface area contributed by atoms with Crippen LogP contribution in [0, 0.1) is 0 Å². The number of benzene rings is 1. The van der Waals surface area contributed by atoms with E-state index in [1.54, 1.807) is 19.3 Å². The van der Waals surface area contributed by atoms with Crippen molar-refractivity contribution in [3.63, 3.8) is 0 Å². The number of aromatic nitrogens is 3. The number of hydrogen-bond donors (Lipinski definition) is 2. The summed E-state index contributed by atoms with van der Waals surface area (Å²) in [5, 5.41) is 2.57. The molecule has 1 amide bonds. The largest absolute Gasteiger partial charge is 0.368 e. The second kappa shape index (κ2) is 9.22. The quantitative estimate of drug-likeness (QED) is 0.623. The van der Waals surface area contributed by atoms with Gasteiger partial charge in [-0.1, -0.05) is 6.07 Å². The molecule has 8 nitrogen and oxygen atoms in total. The van der Waals surface area contributed by atoms with Crippen LogP contribution in [0.3, 0.4) is 0 Å². The van der Waals surface area contributed by atoms with Crippen LogP contribution in [0.5, 0.6) is 0 Å². The lowest BCUT2D eigenvalue weighted by Crippen LogP contribution is -2.46. The molecule has 2 aromatic heterocycles. The van der Waals surface area contributed by atoms with E-state index in [4.69, 9.17) is 0 Å². The summed E-state index contributed by atoms with van der Waals surface area (Å²) in [4.78, 5) is 39.6. The summed E-state index contributed by atoms with van der Waals surface area (Å²) < 4.78 is 12.6. The molecule has 1 fully saturated rings. The highest BCUT2D eigenvalue weighted by Gasteiger charge is 2.18. The highest BCUT2D eigenvalue weighted by Crippen LogP contribution is 2.18. The number of rotatable bonds is 6. The average Bonchev–Trinajstić information content (AvgIpc) is 2.80. The minimum Gasteiger partial charge on any atom is -0.368 e. The predicted molar refractivity (Wildman–Crippen MR) is 117 cm³/mol. The Balaban J connectivity index is 1.38. The molecular formula is C22H25FN6O2. The standard InChI is InChI=1S/C22H25FN6O2/c1-24-21(30)18-5-3-16(13-25-18)29-10-8-28(9-11-29)14-15-2-4-17-20(12-15)27-22(31)19(26-17)6-7-23/h2-5,12-13H,6-11,14H2,1H3,(H,24,30)(H,27,31). The van der Waals surface area contributed by atoms with E-state index in [0.717, 1.165) is 44.0 Å². The van der Waals surface area contributed by atoms with Crippen molar-refractivity contribution in [3.05, 3.63) is 63.8 Å². The molecule has 4 rings (SSSR count). The van der Waals surface area contributed by atoms with Gasteiger partial charge in [-0.3, -0.25) is 18.9 Å². The van der Waals surface area contributed by atoms with Gasteiger partial charge >= 0.3 is 0 Å². The lowest BCUT2D eigenvalue weighted by atomic mass is 10.1. The fourth-order valence-corrected chi connectivity index (χ4v) is 3.79. The number of pyridine rings is 1. The van der Waals surface area contributed by atoms with Crippen molar-refractivity contribution < 1.29 is 9.18 Å². The number of fused-ring (bicyclic) bond motifs is 1. The third-order valence-electron chi connectivity index (χ3n) is 5.51. The maximum Gasteiger partial charge on any atom is 0.270 e. The molecule has 0 atom stereocenters. The fourth-order valence-electron chi connectivity index (χ4n) is 3.79. The van der Waals surface area contributed by atoms with Crippen LogP contribution < -0.4 is 15.8 Å². The van der Waals surface area contributed by atoms with Crippen molar-refractivity contribution in [2.24, 2.45) is 0 Å². The minimum atomic E-state index is -0.597. The summed E-state index contributed by atoms with van der Waals surface area (Å²) in [6.07, 6.45) is 1.77. The van der Waals surface area contributed by atoms with Gasteiger partial charge in [0, 0.05) is 46.2 Å². The average molecular weight is 424 g/mol. The molecule has 3 heterocycles. The summed E-state index contributed by atoms with van der Waals surface area (Å²) in [5.74, 6) is -0.193. The zero-order valence-corrected chi connectivity index (χ0v) is 17.4. The number of piperazine rings is 1. The van der Waals surface area contributed by atoms with Gasteiger partial charge in [0.05, 0.1) is 29.6 Å². The molecule has 1 aliphatic rings. The van der Waals surface area contributed by atoms with E-state index < -0.39 is 6.67 Å². The summed E-state index contributed by atoms with van der Waals surface area (Å²) >= 11 is 0. The molecule has 31 heavy (non-hydrogen) atoms. The monoisotopic (exact) mass is 424 g/mol. The topological polar surface area (TPSA) is 94.2 Å². The summed E-state index contributed by atoms with van der Waals surface area (Å²) in [5.41, 5.74) is 3.75. The number of hydrogen-bond acceptors (Lipinski definition) is 6. The fraction of sp³-hybridized carbons (Fsp3) is 0.364. The van der Waals surface area contributed by atoms with Crippen LogP contribution in [0.1, 0.15) is 21.7 Å². The molecule has 3 aromatic rings. The van der Waals surface area contributed by atoms with E-state index in [2.05, 4.69) is 30.1 Å². The van der Waals surface area contributed by atoms with E-state index in [0.29, 0.717) is 16.7 Å². The molecular weight excluding hydrogens is 399 g/mol. The number of halogens is 1. The Morgan fingerprint density at radius 3 is 2.68 bits per heavy atom. The Hall–Kier alpha value is -3.33. The van der Waals surface area contributed by atoms with Gasteiger partial charge in [0.15, 0.2) is 0 Å². The molecule has 0 aliphatic carbocycles. The first-order chi connectivity index (χ1) is 15.1. The van der Waals surface area contributed by atoms with Crippen molar-refractivity contribution in [2.45, 2.75) is 13.0 Å². The molecule has 0 bridgehead atoms. The number of carbonyl (C=O) groups is 1. The second-order valence-corrected chi connectivity index (χ2v) is 7.55. The third kappa shape index (κ3) is 4.72.